The number of hydrogen-bond donors (Lipinski definition) is 5. The van der Waals surface area contributed by atoms with Crippen molar-refractivity contribution in [3.05, 3.63) is 107 Å². The molecule has 1 aromatic carbocycles. The molecule has 0 bridgehead atoms. The normalized spacial score (nSPS) is 16.1. The van der Waals surface area contributed by atoms with Gasteiger partial charge in [-0.1, -0.05) is 88.6 Å². The zero-order valence-electron chi connectivity index (χ0n) is 31.6. The first kappa shape index (κ1) is 40.6. The Kier molecular flexibility index (Phi) is 16.5. The number of para-hydroxylation sites is 1. The minimum atomic E-state index is -0.492. The highest BCUT2D eigenvalue weighted by molar-refractivity contribution is 5.94. The molecule has 0 radical (unpaired) electrons. The lowest BCUT2D eigenvalue weighted by Crippen LogP contribution is -2.46. The van der Waals surface area contributed by atoms with Crippen LogP contribution < -0.4 is 32.2 Å². The number of aryl methyl sites for hydroxylation is 1. The average molecular weight is 698 g/mol. The Bertz CT molecular complexity index is 1630. The predicted molar refractivity (Wildman–Crippen MR) is 209 cm³/mol. The molecule has 10 nitrogen and oxygen atoms in total. The van der Waals surface area contributed by atoms with Crippen molar-refractivity contribution in [3.8, 4) is 5.75 Å². The van der Waals surface area contributed by atoms with Gasteiger partial charge in [0.1, 0.15) is 17.3 Å². The van der Waals surface area contributed by atoms with Crippen molar-refractivity contribution >= 4 is 23.1 Å². The van der Waals surface area contributed by atoms with Gasteiger partial charge in [-0.2, -0.15) is 0 Å². The summed E-state index contributed by atoms with van der Waals surface area (Å²) in [6.07, 6.45) is 15.9. The number of benzene rings is 1. The third-order valence-corrected chi connectivity index (χ3v) is 8.49. The molecule has 4 rings (SSSR count). The molecule has 1 aliphatic heterocycles. The molecule has 2 aliphatic rings. The third-order valence-electron chi connectivity index (χ3n) is 8.49. The lowest BCUT2D eigenvalue weighted by atomic mass is 9.91. The van der Waals surface area contributed by atoms with Crippen LogP contribution in [0, 0.1) is 11.8 Å². The zero-order chi connectivity index (χ0) is 37.3. The summed E-state index contributed by atoms with van der Waals surface area (Å²) in [5, 5.41) is 8.47. The molecule has 0 unspecified atom stereocenters. The molecule has 2 aromatic rings. The Morgan fingerprint density at radius 1 is 1.00 bits per heavy atom. The summed E-state index contributed by atoms with van der Waals surface area (Å²) in [6, 6.07) is 12.1. The minimum absolute atomic E-state index is 0.0295. The van der Waals surface area contributed by atoms with E-state index in [1.165, 1.54) is 25.1 Å². The number of allylic oxidation sites excluding steroid dienone is 6. The fourth-order valence-corrected chi connectivity index (χ4v) is 5.51. The Hall–Kier alpha value is -4.83. The second-order valence-electron chi connectivity index (χ2n) is 13.1. The number of nitrogens with two attached hydrogens (primary N) is 2. The highest BCUT2D eigenvalue weighted by atomic mass is 16.5. The van der Waals surface area contributed by atoms with Crippen molar-refractivity contribution in [3.63, 3.8) is 0 Å². The molecule has 1 saturated heterocycles. The van der Waals surface area contributed by atoms with Gasteiger partial charge in [0.05, 0.1) is 24.2 Å². The number of amides is 2. The van der Waals surface area contributed by atoms with Crippen LogP contribution in [-0.4, -0.2) is 48.9 Å². The summed E-state index contributed by atoms with van der Waals surface area (Å²) in [4.78, 5) is 32.1. The molecule has 1 saturated carbocycles. The fourth-order valence-electron chi connectivity index (χ4n) is 5.51. The molecular formula is C41H59N7O3. The summed E-state index contributed by atoms with van der Waals surface area (Å²) in [7, 11) is 3.10. The van der Waals surface area contributed by atoms with Crippen molar-refractivity contribution in [2.75, 3.05) is 32.6 Å². The zero-order valence-corrected chi connectivity index (χ0v) is 31.6. The molecule has 1 aliphatic carbocycles. The van der Waals surface area contributed by atoms with Crippen LogP contribution in [0.1, 0.15) is 83.7 Å². The monoisotopic (exact) mass is 697 g/mol. The van der Waals surface area contributed by atoms with Gasteiger partial charge in [0, 0.05) is 55.9 Å². The van der Waals surface area contributed by atoms with Gasteiger partial charge >= 0.3 is 0 Å². The molecule has 0 atom stereocenters. The number of likely N-dealkylation sites (tertiary alicyclic amines) is 1. The molecule has 276 valence electrons. The van der Waals surface area contributed by atoms with Crippen LogP contribution in [0.25, 0.3) is 5.57 Å². The van der Waals surface area contributed by atoms with Crippen LogP contribution in [0.5, 0.6) is 5.75 Å². The Morgan fingerprint density at radius 2 is 1.69 bits per heavy atom. The van der Waals surface area contributed by atoms with E-state index in [1.807, 2.05) is 18.2 Å². The van der Waals surface area contributed by atoms with Crippen molar-refractivity contribution in [2.45, 2.75) is 79.7 Å². The first-order chi connectivity index (χ1) is 24.6. The van der Waals surface area contributed by atoms with Gasteiger partial charge in [-0.15, -0.1) is 0 Å². The second-order valence-corrected chi connectivity index (χ2v) is 13.1. The lowest BCUT2D eigenvalue weighted by molar-refractivity contribution is -0.121. The van der Waals surface area contributed by atoms with Crippen molar-refractivity contribution < 1.29 is 14.3 Å². The van der Waals surface area contributed by atoms with E-state index in [1.54, 1.807) is 7.11 Å². The predicted octanol–water partition coefficient (Wildman–Crippen LogP) is 6.54. The summed E-state index contributed by atoms with van der Waals surface area (Å²) >= 11 is 0. The van der Waals surface area contributed by atoms with Gasteiger partial charge in [0.2, 0.25) is 5.91 Å². The number of carbonyl (C=O) groups excluding carboxylic acids is 2. The number of carbonyl (C=O) groups is 2. The topological polar surface area (TPSA) is 148 Å². The number of likely N-dealkylation sites (N-methyl/N-ethyl adjacent to an activating group) is 1. The standard InChI is InChI=1S/C38H51N7O3.C3H8/c1-6-8-12-26(18-17-25(3)28-22-45(23-28)24-30-14-9-13-29(42-30)11-7-2)31-15-10-16-32(36(31)48-5)43-33(35(40)38(47)41-4)21-34(39)44-37(46)27-19-20-27;1-3-2/h8-10,12-18,21,27-28,43H,6-7,11,19-20,22-24,39-40H2,1-5H3,(H,41,47)(H,44,46);3H2,1-2H3/b12-8+,25-17+,26-18+,34-21+,35-33+;. The maximum atomic E-state index is 12.5. The van der Waals surface area contributed by atoms with E-state index in [2.05, 4.69) is 98.0 Å². The number of aromatic nitrogens is 1. The summed E-state index contributed by atoms with van der Waals surface area (Å²) in [6.45, 7) is 13.6. The number of hydrogen-bond acceptors (Lipinski definition) is 8. The number of nitrogens with zero attached hydrogens (tertiary/aromatic N) is 2. The Balaban J connectivity index is 0.00000226. The van der Waals surface area contributed by atoms with E-state index in [9.17, 15) is 9.59 Å². The minimum Gasteiger partial charge on any atom is -0.494 e. The number of anilines is 1. The van der Waals surface area contributed by atoms with Crippen molar-refractivity contribution in [1.29, 1.82) is 0 Å². The van der Waals surface area contributed by atoms with Gasteiger partial charge < -0.3 is 32.2 Å². The summed E-state index contributed by atoms with van der Waals surface area (Å²) < 4.78 is 5.94. The molecule has 2 heterocycles. The van der Waals surface area contributed by atoms with Gasteiger partial charge in [0.15, 0.2) is 0 Å². The molecule has 2 fully saturated rings. The summed E-state index contributed by atoms with van der Waals surface area (Å²) in [5.41, 5.74) is 18.6. The highest BCUT2D eigenvalue weighted by Gasteiger charge is 2.30. The van der Waals surface area contributed by atoms with E-state index >= 15 is 0 Å². The number of pyridine rings is 1. The molecule has 2 amide bonds. The van der Waals surface area contributed by atoms with Gasteiger partial charge in [-0.3, -0.25) is 19.5 Å². The maximum Gasteiger partial charge on any atom is 0.269 e. The number of rotatable bonds is 16. The molecule has 0 spiro atoms. The van der Waals surface area contributed by atoms with E-state index < -0.39 is 5.91 Å². The molecule has 1 aromatic heterocycles. The fraction of sp³-hybridized carbons (Fsp3) is 0.439. The van der Waals surface area contributed by atoms with Gasteiger partial charge in [0.25, 0.3) is 5.91 Å². The second kappa shape index (κ2) is 20.7. The maximum absolute atomic E-state index is 12.5. The molecule has 10 heteroatoms. The summed E-state index contributed by atoms with van der Waals surface area (Å²) in [5.74, 6) is 0.458. The number of methoxy groups -OCH3 is 1. The molecular weight excluding hydrogens is 638 g/mol. The van der Waals surface area contributed by atoms with Gasteiger partial charge in [-0.05, 0) is 56.4 Å². The van der Waals surface area contributed by atoms with E-state index in [4.69, 9.17) is 21.2 Å². The quantitative estimate of drug-likeness (QED) is 0.0982. The third kappa shape index (κ3) is 12.5. The SMILES string of the molecule is CC/C=C/C(=C\C=C(/C)C1CN(Cc2cccc(CCC)n2)C1)c1cccc(NC(/C=C(\N)NC(=O)C2CC2)=C(/N)C(=O)NC)c1OC.CCC. The van der Waals surface area contributed by atoms with Gasteiger partial charge in [-0.25, -0.2) is 0 Å². The van der Waals surface area contributed by atoms with E-state index in [0.717, 1.165) is 74.3 Å². The van der Waals surface area contributed by atoms with Crippen LogP contribution in [0.15, 0.2) is 89.6 Å². The lowest BCUT2D eigenvalue weighted by Gasteiger charge is -2.39. The van der Waals surface area contributed by atoms with Crippen LogP contribution in [0.2, 0.25) is 0 Å². The first-order valence-electron chi connectivity index (χ1n) is 18.2. The molecule has 51 heavy (non-hydrogen) atoms. The number of ether oxygens (including phenoxy) is 1. The smallest absolute Gasteiger partial charge is 0.269 e. The Labute approximate surface area is 305 Å². The first-order valence-corrected chi connectivity index (χ1v) is 18.2. The van der Waals surface area contributed by atoms with Crippen molar-refractivity contribution in [1.82, 2.24) is 20.5 Å². The highest BCUT2D eigenvalue weighted by Crippen LogP contribution is 2.36. The largest absolute Gasteiger partial charge is 0.494 e. The van der Waals surface area contributed by atoms with Crippen LogP contribution >= 0.6 is 0 Å². The number of nitrogens with one attached hydrogen (secondary N) is 3. The van der Waals surface area contributed by atoms with Crippen LogP contribution in [0.3, 0.4) is 0 Å². The van der Waals surface area contributed by atoms with E-state index in [-0.39, 0.29) is 29.0 Å². The van der Waals surface area contributed by atoms with E-state index in [0.29, 0.717) is 17.4 Å². The Morgan fingerprint density at radius 3 is 2.31 bits per heavy atom. The van der Waals surface area contributed by atoms with Crippen molar-refractivity contribution in [2.24, 2.45) is 23.3 Å². The molecule has 7 N–H and O–H groups in total. The average Bonchev–Trinajstić information content (AvgIpc) is 3.95. The van der Waals surface area contributed by atoms with Crippen LogP contribution in [0.4, 0.5) is 5.69 Å². The van der Waals surface area contributed by atoms with Crippen LogP contribution in [-0.2, 0) is 22.6 Å².